The molecule has 0 bridgehead atoms. The molecule has 0 radical (unpaired) electrons. The highest BCUT2D eigenvalue weighted by atomic mass is 19.4. The normalized spacial score (nSPS) is 15.6. The molecule has 1 aliphatic heterocycles. The van der Waals surface area contributed by atoms with Crippen LogP contribution in [0.2, 0.25) is 0 Å². The van der Waals surface area contributed by atoms with Crippen LogP contribution >= 0.6 is 0 Å². The van der Waals surface area contributed by atoms with Crippen molar-refractivity contribution in [1.29, 1.82) is 0 Å². The second-order valence-electron chi connectivity index (χ2n) is 9.08. The molecular weight excluding hydrogens is 499 g/mol. The summed E-state index contributed by atoms with van der Waals surface area (Å²) in [6.07, 6.45) is -1.23. The smallest absolute Gasteiger partial charge is 0.416 e. The molecule has 200 valence electrons. The molecule has 7 nitrogen and oxygen atoms in total. The number of rotatable bonds is 9. The van der Waals surface area contributed by atoms with Crippen LogP contribution in [-0.2, 0) is 22.3 Å². The average molecular weight is 528 g/mol. The summed E-state index contributed by atoms with van der Waals surface area (Å²) in [5.41, 5.74) is 2.15. The molecule has 1 fully saturated rings. The van der Waals surface area contributed by atoms with Gasteiger partial charge in [-0.15, -0.1) is 0 Å². The van der Waals surface area contributed by atoms with Crippen molar-refractivity contribution >= 4 is 17.7 Å². The number of hydrogen-bond acceptors (Lipinski definition) is 5. The molecule has 2 heterocycles. The van der Waals surface area contributed by atoms with E-state index >= 15 is 0 Å². The molecule has 1 saturated heterocycles. The van der Waals surface area contributed by atoms with E-state index in [1.54, 1.807) is 12.1 Å². The molecule has 0 saturated carbocycles. The van der Waals surface area contributed by atoms with Crippen LogP contribution in [0.3, 0.4) is 0 Å². The number of aromatic nitrogens is 1. The van der Waals surface area contributed by atoms with Crippen LogP contribution in [0, 0.1) is 0 Å². The van der Waals surface area contributed by atoms with Gasteiger partial charge in [0.15, 0.2) is 0 Å². The summed E-state index contributed by atoms with van der Waals surface area (Å²) in [7, 11) is 0. The summed E-state index contributed by atoms with van der Waals surface area (Å²) >= 11 is 0. The third-order valence-corrected chi connectivity index (χ3v) is 6.36. The van der Waals surface area contributed by atoms with Crippen molar-refractivity contribution in [3.05, 3.63) is 83.6 Å². The SMILES string of the molecule is O=C(O)CCNC(=O)c1ccc(N(Cc2ccc(-c3ccc(C(F)(F)F)cc3)cc2)C2CCCOC2)nc1. The van der Waals surface area contributed by atoms with Gasteiger partial charge >= 0.3 is 12.1 Å². The lowest BCUT2D eigenvalue weighted by molar-refractivity contribution is -0.138. The number of carbonyl (C=O) groups is 2. The van der Waals surface area contributed by atoms with Crippen LogP contribution in [0.1, 0.15) is 40.7 Å². The number of carboxylic acids is 1. The zero-order chi connectivity index (χ0) is 27.1. The minimum atomic E-state index is -4.37. The third kappa shape index (κ3) is 7.10. The summed E-state index contributed by atoms with van der Waals surface area (Å²) < 4.78 is 44.3. The molecule has 1 aromatic heterocycles. The van der Waals surface area contributed by atoms with Gasteiger partial charge in [0.1, 0.15) is 5.82 Å². The molecule has 2 aromatic carbocycles. The minimum absolute atomic E-state index is 0.0317. The van der Waals surface area contributed by atoms with Gasteiger partial charge in [-0.2, -0.15) is 13.2 Å². The maximum absolute atomic E-state index is 12.9. The second-order valence-corrected chi connectivity index (χ2v) is 9.08. The summed E-state index contributed by atoms with van der Waals surface area (Å²) in [5, 5.41) is 11.3. The predicted molar refractivity (Wildman–Crippen MR) is 136 cm³/mol. The van der Waals surface area contributed by atoms with Gasteiger partial charge in [-0.3, -0.25) is 9.59 Å². The first kappa shape index (κ1) is 27.1. The van der Waals surface area contributed by atoms with Crippen molar-refractivity contribution in [3.63, 3.8) is 0 Å². The Hall–Kier alpha value is -3.92. The third-order valence-electron chi connectivity index (χ3n) is 6.36. The molecule has 10 heteroatoms. The second kappa shape index (κ2) is 12.1. The average Bonchev–Trinajstić information content (AvgIpc) is 2.92. The standard InChI is InChI=1S/C28H28F3N3O4/c29-28(30,31)23-10-7-21(8-11-23)20-5-3-19(4-6-20)17-34(24-2-1-15-38-18-24)25-12-9-22(16-33-25)27(37)32-14-13-26(35)36/h3-12,16,24H,1-2,13-15,17-18H2,(H,32,37)(H,35,36). The highest BCUT2D eigenvalue weighted by Gasteiger charge is 2.30. The summed E-state index contributed by atoms with van der Waals surface area (Å²) in [6.45, 7) is 1.81. The summed E-state index contributed by atoms with van der Waals surface area (Å²) in [6, 6.07) is 16.2. The number of pyridine rings is 1. The molecule has 1 aliphatic rings. The predicted octanol–water partition coefficient (Wildman–Crippen LogP) is 5.16. The molecule has 1 atom stereocenters. The number of nitrogens with zero attached hydrogens (tertiary/aromatic N) is 2. The summed E-state index contributed by atoms with van der Waals surface area (Å²) in [4.78, 5) is 29.6. The Kier molecular flexibility index (Phi) is 8.62. The maximum Gasteiger partial charge on any atom is 0.416 e. The van der Waals surface area contributed by atoms with Gasteiger partial charge in [0, 0.05) is 25.9 Å². The van der Waals surface area contributed by atoms with E-state index in [0.717, 1.165) is 36.1 Å². The molecule has 4 rings (SSSR count). The highest BCUT2D eigenvalue weighted by Crippen LogP contribution is 2.31. The zero-order valence-electron chi connectivity index (χ0n) is 20.6. The van der Waals surface area contributed by atoms with E-state index in [4.69, 9.17) is 9.84 Å². The van der Waals surface area contributed by atoms with E-state index < -0.39 is 23.6 Å². The topological polar surface area (TPSA) is 91.8 Å². The number of halogens is 3. The molecule has 0 aliphatic carbocycles. The molecule has 1 amide bonds. The number of benzene rings is 2. The lowest BCUT2D eigenvalue weighted by Gasteiger charge is -2.35. The maximum atomic E-state index is 12.9. The Labute approximate surface area is 218 Å². The van der Waals surface area contributed by atoms with Crippen molar-refractivity contribution in [1.82, 2.24) is 10.3 Å². The quantitative estimate of drug-likeness (QED) is 0.400. The van der Waals surface area contributed by atoms with Gasteiger partial charge in [-0.05, 0) is 53.8 Å². The van der Waals surface area contributed by atoms with Crippen LogP contribution in [0.25, 0.3) is 11.1 Å². The Balaban J connectivity index is 1.48. The molecule has 1 unspecified atom stereocenters. The first-order valence-electron chi connectivity index (χ1n) is 12.3. The number of hydrogen-bond donors (Lipinski definition) is 2. The first-order valence-corrected chi connectivity index (χ1v) is 12.3. The van der Waals surface area contributed by atoms with E-state index in [2.05, 4.69) is 15.2 Å². The number of carbonyl (C=O) groups excluding carboxylic acids is 1. The van der Waals surface area contributed by atoms with Gasteiger partial charge in [-0.25, -0.2) is 4.98 Å². The van der Waals surface area contributed by atoms with E-state index in [-0.39, 0.29) is 19.0 Å². The van der Waals surface area contributed by atoms with Crippen molar-refractivity contribution in [2.75, 3.05) is 24.7 Å². The fraction of sp³-hybridized carbons (Fsp3) is 0.321. The van der Waals surface area contributed by atoms with E-state index in [1.807, 2.05) is 24.3 Å². The number of alkyl halides is 3. The van der Waals surface area contributed by atoms with Crippen LogP contribution < -0.4 is 10.2 Å². The lowest BCUT2D eigenvalue weighted by Crippen LogP contribution is -2.41. The van der Waals surface area contributed by atoms with Crippen molar-refractivity contribution < 1.29 is 32.6 Å². The van der Waals surface area contributed by atoms with Gasteiger partial charge in [0.2, 0.25) is 0 Å². The van der Waals surface area contributed by atoms with E-state index in [9.17, 15) is 22.8 Å². The Morgan fingerprint density at radius 3 is 2.26 bits per heavy atom. The van der Waals surface area contributed by atoms with Gasteiger partial charge in [0.05, 0.1) is 30.2 Å². The number of carboxylic acid groups (broad SMARTS) is 1. The van der Waals surface area contributed by atoms with Crippen LogP contribution in [0.5, 0.6) is 0 Å². The Morgan fingerprint density at radius 1 is 1.03 bits per heavy atom. The molecular formula is C28H28F3N3O4. The van der Waals surface area contributed by atoms with Gasteiger partial charge in [0.25, 0.3) is 5.91 Å². The van der Waals surface area contributed by atoms with Crippen molar-refractivity contribution in [3.8, 4) is 11.1 Å². The summed E-state index contributed by atoms with van der Waals surface area (Å²) in [5.74, 6) is -0.706. The van der Waals surface area contributed by atoms with E-state index in [0.29, 0.717) is 36.7 Å². The van der Waals surface area contributed by atoms with Gasteiger partial charge < -0.3 is 20.1 Å². The molecule has 0 spiro atoms. The number of amides is 1. The monoisotopic (exact) mass is 527 g/mol. The first-order chi connectivity index (χ1) is 18.2. The minimum Gasteiger partial charge on any atom is -0.481 e. The Bertz CT molecular complexity index is 1220. The van der Waals surface area contributed by atoms with Gasteiger partial charge in [-0.1, -0.05) is 36.4 Å². The van der Waals surface area contributed by atoms with Crippen molar-refractivity contribution in [2.24, 2.45) is 0 Å². The molecule has 2 N–H and O–H groups in total. The zero-order valence-corrected chi connectivity index (χ0v) is 20.6. The van der Waals surface area contributed by atoms with E-state index in [1.165, 1.54) is 18.3 Å². The van der Waals surface area contributed by atoms with Crippen molar-refractivity contribution in [2.45, 2.75) is 38.0 Å². The highest BCUT2D eigenvalue weighted by molar-refractivity contribution is 5.94. The lowest BCUT2D eigenvalue weighted by atomic mass is 10.0. The van der Waals surface area contributed by atoms with Crippen LogP contribution in [-0.4, -0.2) is 47.8 Å². The molecule has 38 heavy (non-hydrogen) atoms. The largest absolute Gasteiger partial charge is 0.481 e. The Morgan fingerprint density at radius 2 is 1.71 bits per heavy atom. The number of aliphatic carboxylic acids is 1. The number of anilines is 1. The number of ether oxygens (including phenoxy) is 1. The van der Waals surface area contributed by atoms with Crippen LogP contribution in [0.4, 0.5) is 19.0 Å². The van der Waals surface area contributed by atoms with Crippen LogP contribution in [0.15, 0.2) is 66.9 Å². The molecule has 3 aromatic rings. The number of nitrogens with one attached hydrogen (secondary N) is 1. The fourth-order valence-corrected chi connectivity index (χ4v) is 4.29. The fourth-order valence-electron chi connectivity index (χ4n) is 4.29.